The number of hydrogen-bond acceptors (Lipinski definition) is 2. The van der Waals surface area contributed by atoms with Gasteiger partial charge in [-0.05, 0) is 48.6 Å². The molecule has 0 N–H and O–H groups in total. The van der Waals surface area contributed by atoms with Crippen LogP contribution in [0.5, 0.6) is 11.5 Å². The Kier molecular flexibility index (Phi) is 4.75. The molecule has 2 nitrogen and oxygen atoms in total. The zero-order chi connectivity index (χ0) is 19.7. The van der Waals surface area contributed by atoms with Gasteiger partial charge in [0.1, 0.15) is 18.5 Å². The maximum Gasteiger partial charge on any atom is 0.165 e. The number of para-hydroxylation sites is 1. The van der Waals surface area contributed by atoms with Gasteiger partial charge in [-0.15, -0.1) is 0 Å². The molecule has 0 spiro atoms. The van der Waals surface area contributed by atoms with E-state index in [9.17, 15) is 4.39 Å². The lowest BCUT2D eigenvalue weighted by atomic mass is 9.69. The molecule has 1 aliphatic carbocycles. The highest BCUT2D eigenvalue weighted by Gasteiger charge is 2.51. The first kappa shape index (κ1) is 18.2. The number of fused-ring (bicyclic) bond motifs is 3. The minimum atomic E-state index is -0.272. The predicted molar refractivity (Wildman–Crippen MR) is 112 cm³/mol. The molecule has 1 fully saturated rings. The number of rotatable bonds is 4. The molecule has 2 atom stereocenters. The van der Waals surface area contributed by atoms with Crippen molar-refractivity contribution in [1.29, 1.82) is 0 Å². The van der Waals surface area contributed by atoms with Gasteiger partial charge in [-0.1, -0.05) is 67.4 Å². The topological polar surface area (TPSA) is 18.5 Å². The van der Waals surface area contributed by atoms with Crippen molar-refractivity contribution >= 4 is 0 Å². The molecule has 0 radical (unpaired) electrons. The predicted octanol–water partition coefficient (Wildman–Crippen LogP) is 6.42. The summed E-state index contributed by atoms with van der Waals surface area (Å²) < 4.78 is 26.7. The molecule has 3 aromatic carbocycles. The van der Waals surface area contributed by atoms with E-state index in [1.807, 2.05) is 42.5 Å². The third-order valence-corrected chi connectivity index (χ3v) is 6.41. The number of benzene rings is 3. The Morgan fingerprint density at radius 1 is 0.897 bits per heavy atom. The smallest absolute Gasteiger partial charge is 0.165 e. The molecule has 0 amide bonds. The van der Waals surface area contributed by atoms with E-state index < -0.39 is 0 Å². The van der Waals surface area contributed by atoms with Gasteiger partial charge in [-0.2, -0.15) is 0 Å². The van der Waals surface area contributed by atoms with Gasteiger partial charge in [0.05, 0.1) is 5.41 Å². The average molecular weight is 388 g/mol. The van der Waals surface area contributed by atoms with Crippen LogP contribution < -0.4 is 9.47 Å². The third kappa shape index (κ3) is 3.19. The van der Waals surface area contributed by atoms with Crippen molar-refractivity contribution in [3.63, 3.8) is 0 Å². The summed E-state index contributed by atoms with van der Waals surface area (Å²) in [6.07, 6.45) is 5.39. The second-order valence-electron chi connectivity index (χ2n) is 8.09. The largest absolute Gasteiger partial charge is 0.489 e. The van der Waals surface area contributed by atoms with Crippen molar-refractivity contribution in [2.75, 3.05) is 0 Å². The van der Waals surface area contributed by atoms with Gasteiger partial charge in [0.2, 0.25) is 0 Å². The summed E-state index contributed by atoms with van der Waals surface area (Å²) in [7, 11) is 0. The first-order valence-electron chi connectivity index (χ1n) is 10.5. The van der Waals surface area contributed by atoms with Crippen LogP contribution in [0.15, 0.2) is 72.8 Å². The lowest BCUT2D eigenvalue weighted by Gasteiger charge is -2.34. The lowest BCUT2D eigenvalue weighted by molar-refractivity contribution is 0.154. The second kappa shape index (κ2) is 7.55. The van der Waals surface area contributed by atoms with Gasteiger partial charge >= 0.3 is 0 Å². The molecule has 1 heterocycles. The maximum atomic E-state index is 14.5. The Balaban J connectivity index is 1.47. The molecule has 0 bridgehead atoms. The normalized spacial score (nSPS) is 22.9. The van der Waals surface area contributed by atoms with E-state index in [1.54, 1.807) is 0 Å². The highest BCUT2D eigenvalue weighted by Crippen LogP contribution is 2.54. The highest BCUT2D eigenvalue weighted by atomic mass is 19.1. The van der Waals surface area contributed by atoms with Crippen LogP contribution in [0.25, 0.3) is 0 Å². The van der Waals surface area contributed by atoms with E-state index in [0.29, 0.717) is 12.4 Å². The van der Waals surface area contributed by atoms with Gasteiger partial charge in [0, 0.05) is 5.56 Å². The van der Waals surface area contributed by atoms with E-state index in [0.717, 1.165) is 42.6 Å². The first-order chi connectivity index (χ1) is 14.3. The van der Waals surface area contributed by atoms with Crippen molar-refractivity contribution in [1.82, 2.24) is 0 Å². The number of hydrogen-bond donors (Lipinski definition) is 0. The summed E-state index contributed by atoms with van der Waals surface area (Å²) in [5.41, 5.74) is 3.07. The van der Waals surface area contributed by atoms with Crippen LogP contribution >= 0.6 is 0 Å². The summed E-state index contributed by atoms with van der Waals surface area (Å²) >= 11 is 0. The van der Waals surface area contributed by atoms with Gasteiger partial charge in [0.15, 0.2) is 11.6 Å². The molecule has 1 aliphatic heterocycles. The molecule has 29 heavy (non-hydrogen) atoms. The Hall–Kier alpha value is -2.81. The summed E-state index contributed by atoms with van der Waals surface area (Å²) in [6, 6.07) is 23.9. The Morgan fingerprint density at radius 3 is 2.55 bits per heavy atom. The molecule has 148 valence electrons. The fourth-order valence-corrected chi connectivity index (χ4v) is 4.98. The fraction of sp³-hybridized carbons (Fsp3) is 0.308. The standard InChI is InChI=1S/C26H25FO2/c27-23-11-7-10-22-25(23)29-24-12-5-2-6-17-26(22,24)20-13-15-21(16-14-20)28-18-19-8-3-1-4-9-19/h1,3-4,7-11,13-16,24H,2,5-6,12,17-18H2. The molecule has 2 aliphatic rings. The fourth-order valence-electron chi connectivity index (χ4n) is 4.98. The van der Waals surface area contributed by atoms with Crippen LogP contribution in [0.1, 0.15) is 48.8 Å². The molecule has 5 rings (SSSR count). The summed E-state index contributed by atoms with van der Waals surface area (Å²) in [5.74, 6) is 1.04. The van der Waals surface area contributed by atoms with Crippen LogP contribution in [0, 0.1) is 5.82 Å². The van der Waals surface area contributed by atoms with Crippen LogP contribution in [0.4, 0.5) is 4.39 Å². The van der Waals surface area contributed by atoms with Gasteiger partial charge in [0.25, 0.3) is 0 Å². The molecule has 0 saturated heterocycles. The number of halogens is 1. The van der Waals surface area contributed by atoms with E-state index in [-0.39, 0.29) is 17.3 Å². The van der Waals surface area contributed by atoms with Crippen LogP contribution in [-0.2, 0) is 12.0 Å². The number of ether oxygens (including phenoxy) is 2. The summed E-state index contributed by atoms with van der Waals surface area (Å²) in [4.78, 5) is 0. The summed E-state index contributed by atoms with van der Waals surface area (Å²) in [6.45, 7) is 0.547. The molecular formula is C26H25FO2. The van der Waals surface area contributed by atoms with Gasteiger partial charge in [-0.3, -0.25) is 0 Å². The van der Waals surface area contributed by atoms with E-state index >= 15 is 0 Å². The second-order valence-corrected chi connectivity index (χ2v) is 8.09. The van der Waals surface area contributed by atoms with E-state index in [1.165, 1.54) is 18.1 Å². The SMILES string of the molecule is Fc1cccc2c1OC1CCCCCC21c1ccc(OCc2ccccc2)cc1. The zero-order valence-corrected chi connectivity index (χ0v) is 16.4. The van der Waals surface area contributed by atoms with Gasteiger partial charge in [-0.25, -0.2) is 4.39 Å². The van der Waals surface area contributed by atoms with Crippen molar-refractivity contribution in [3.8, 4) is 11.5 Å². The zero-order valence-electron chi connectivity index (χ0n) is 16.4. The quantitative estimate of drug-likeness (QED) is 0.514. The molecule has 0 aromatic heterocycles. The highest BCUT2D eigenvalue weighted by molar-refractivity contribution is 5.54. The van der Waals surface area contributed by atoms with Crippen molar-refractivity contribution in [2.24, 2.45) is 0 Å². The van der Waals surface area contributed by atoms with Crippen molar-refractivity contribution < 1.29 is 13.9 Å². The minimum Gasteiger partial charge on any atom is -0.489 e. The molecule has 2 unspecified atom stereocenters. The Labute approximate surface area is 171 Å². The maximum absolute atomic E-state index is 14.5. The van der Waals surface area contributed by atoms with Crippen LogP contribution in [0.2, 0.25) is 0 Å². The first-order valence-corrected chi connectivity index (χ1v) is 10.5. The minimum absolute atomic E-state index is 0.00649. The van der Waals surface area contributed by atoms with E-state index in [4.69, 9.17) is 9.47 Å². The van der Waals surface area contributed by atoms with Gasteiger partial charge < -0.3 is 9.47 Å². The van der Waals surface area contributed by atoms with E-state index in [2.05, 4.69) is 24.3 Å². The molecule has 3 heteroatoms. The lowest BCUT2D eigenvalue weighted by Crippen LogP contribution is -2.38. The van der Waals surface area contributed by atoms with Crippen molar-refractivity contribution in [2.45, 2.75) is 50.2 Å². The monoisotopic (exact) mass is 388 g/mol. The molecule has 1 saturated carbocycles. The third-order valence-electron chi connectivity index (χ3n) is 6.41. The Bertz CT molecular complexity index is 983. The van der Waals surface area contributed by atoms with Crippen molar-refractivity contribution in [3.05, 3.63) is 95.3 Å². The molecular weight excluding hydrogens is 363 g/mol. The Morgan fingerprint density at radius 2 is 1.72 bits per heavy atom. The average Bonchev–Trinajstić information content (AvgIpc) is 2.94. The van der Waals surface area contributed by atoms with Crippen LogP contribution in [0.3, 0.4) is 0 Å². The van der Waals surface area contributed by atoms with Crippen LogP contribution in [-0.4, -0.2) is 6.10 Å². The summed E-state index contributed by atoms with van der Waals surface area (Å²) in [5, 5.41) is 0. The molecule has 3 aromatic rings.